The van der Waals surface area contributed by atoms with Crippen LogP contribution in [-0.2, 0) is 0 Å². The number of hydrogen-bond donors (Lipinski definition) is 2. The number of benzene rings is 1. The van der Waals surface area contributed by atoms with Gasteiger partial charge in [0.15, 0.2) is 0 Å². The van der Waals surface area contributed by atoms with E-state index in [0.717, 1.165) is 11.1 Å². The molecule has 0 bridgehead atoms. The molecule has 3 nitrogen and oxygen atoms in total. The lowest BCUT2D eigenvalue weighted by molar-refractivity contribution is 0.0956. The Hall–Kier alpha value is -1.79. The molecule has 0 aliphatic heterocycles. The zero-order valence-electron chi connectivity index (χ0n) is 9.63. The van der Waals surface area contributed by atoms with E-state index in [4.69, 9.17) is 5.73 Å². The number of carbonyl (C=O) groups excluding carboxylic acids is 1. The van der Waals surface area contributed by atoms with Crippen LogP contribution in [0, 0.1) is 18.8 Å². The second kappa shape index (κ2) is 5.94. The summed E-state index contributed by atoms with van der Waals surface area (Å²) in [6, 6.07) is 5.46. The van der Waals surface area contributed by atoms with Gasteiger partial charge in [-0.15, -0.1) is 0 Å². The standard InChI is InChI=1S/C13H16N2O/c1-3-15-13(16)12-7-6-11(5-4-8-14)10(2)9-12/h6-7,9H,3,8,14H2,1-2H3,(H,15,16). The first kappa shape index (κ1) is 12.3. The van der Waals surface area contributed by atoms with Gasteiger partial charge in [-0.25, -0.2) is 0 Å². The highest BCUT2D eigenvalue weighted by Crippen LogP contribution is 2.09. The van der Waals surface area contributed by atoms with Gasteiger partial charge in [0.1, 0.15) is 0 Å². The second-order valence-electron chi connectivity index (χ2n) is 3.40. The van der Waals surface area contributed by atoms with Crippen LogP contribution in [0.3, 0.4) is 0 Å². The van der Waals surface area contributed by atoms with Crippen LogP contribution in [0.1, 0.15) is 28.4 Å². The minimum absolute atomic E-state index is 0.0519. The molecule has 0 saturated heterocycles. The summed E-state index contributed by atoms with van der Waals surface area (Å²) in [5.41, 5.74) is 7.88. The van der Waals surface area contributed by atoms with Gasteiger partial charge in [-0.2, -0.15) is 0 Å². The van der Waals surface area contributed by atoms with Crippen LogP contribution >= 0.6 is 0 Å². The van der Waals surface area contributed by atoms with Gasteiger partial charge in [0, 0.05) is 17.7 Å². The summed E-state index contributed by atoms with van der Waals surface area (Å²) < 4.78 is 0. The van der Waals surface area contributed by atoms with E-state index in [0.29, 0.717) is 18.7 Å². The molecule has 3 N–H and O–H groups in total. The Labute approximate surface area is 96.0 Å². The summed E-state index contributed by atoms with van der Waals surface area (Å²) in [6.07, 6.45) is 0. The maximum Gasteiger partial charge on any atom is 0.251 e. The molecule has 84 valence electrons. The Bertz CT molecular complexity index is 441. The molecule has 0 saturated carbocycles. The largest absolute Gasteiger partial charge is 0.352 e. The van der Waals surface area contributed by atoms with Gasteiger partial charge in [-0.05, 0) is 37.6 Å². The Balaban J connectivity index is 2.95. The Morgan fingerprint density at radius 2 is 2.25 bits per heavy atom. The van der Waals surface area contributed by atoms with Crippen molar-refractivity contribution in [3.05, 3.63) is 34.9 Å². The lowest BCUT2D eigenvalue weighted by Gasteiger charge is -2.04. The van der Waals surface area contributed by atoms with E-state index < -0.39 is 0 Å². The maximum absolute atomic E-state index is 11.6. The summed E-state index contributed by atoms with van der Waals surface area (Å²) >= 11 is 0. The van der Waals surface area contributed by atoms with Crippen molar-refractivity contribution < 1.29 is 4.79 Å². The van der Waals surface area contributed by atoms with E-state index in [9.17, 15) is 4.79 Å². The molecule has 3 heteroatoms. The lowest BCUT2D eigenvalue weighted by Crippen LogP contribution is -2.22. The zero-order valence-corrected chi connectivity index (χ0v) is 9.63. The Morgan fingerprint density at radius 1 is 1.50 bits per heavy atom. The third-order valence-corrected chi connectivity index (χ3v) is 2.15. The van der Waals surface area contributed by atoms with Crippen molar-refractivity contribution in [2.75, 3.05) is 13.1 Å². The van der Waals surface area contributed by atoms with Crippen LogP contribution < -0.4 is 11.1 Å². The van der Waals surface area contributed by atoms with Crippen molar-refractivity contribution in [2.45, 2.75) is 13.8 Å². The Kier molecular flexibility index (Phi) is 4.56. The molecule has 0 aliphatic rings. The smallest absolute Gasteiger partial charge is 0.251 e. The molecule has 0 radical (unpaired) electrons. The molecule has 0 spiro atoms. The van der Waals surface area contributed by atoms with Gasteiger partial charge in [0.2, 0.25) is 0 Å². The third-order valence-electron chi connectivity index (χ3n) is 2.15. The van der Waals surface area contributed by atoms with Crippen molar-refractivity contribution in [3.63, 3.8) is 0 Å². The van der Waals surface area contributed by atoms with E-state index in [2.05, 4.69) is 17.2 Å². The molecule has 0 heterocycles. The fourth-order valence-corrected chi connectivity index (χ4v) is 1.35. The molecule has 1 aromatic rings. The van der Waals surface area contributed by atoms with Crippen molar-refractivity contribution in [1.82, 2.24) is 5.32 Å². The summed E-state index contributed by atoms with van der Waals surface area (Å²) in [6.45, 7) is 4.80. The van der Waals surface area contributed by atoms with E-state index in [-0.39, 0.29) is 5.91 Å². The molecule has 1 aromatic carbocycles. The quantitative estimate of drug-likeness (QED) is 0.726. The van der Waals surface area contributed by atoms with Crippen molar-refractivity contribution in [2.24, 2.45) is 5.73 Å². The van der Waals surface area contributed by atoms with Crippen molar-refractivity contribution in [1.29, 1.82) is 0 Å². The van der Waals surface area contributed by atoms with Gasteiger partial charge in [-0.3, -0.25) is 4.79 Å². The van der Waals surface area contributed by atoms with Crippen LogP contribution in [0.25, 0.3) is 0 Å². The maximum atomic E-state index is 11.6. The molecular weight excluding hydrogens is 200 g/mol. The highest BCUT2D eigenvalue weighted by molar-refractivity contribution is 5.94. The van der Waals surface area contributed by atoms with Crippen LogP contribution in [0.15, 0.2) is 18.2 Å². The molecule has 1 rings (SSSR count). The molecular formula is C13H16N2O. The van der Waals surface area contributed by atoms with Gasteiger partial charge in [0.05, 0.1) is 6.54 Å². The number of hydrogen-bond acceptors (Lipinski definition) is 2. The number of nitrogens with one attached hydrogen (secondary N) is 1. The lowest BCUT2D eigenvalue weighted by atomic mass is 10.0. The predicted molar refractivity (Wildman–Crippen MR) is 65.1 cm³/mol. The molecule has 0 aromatic heterocycles. The first-order valence-electron chi connectivity index (χ1n) is 5.26. The number of amides is 1. The third kappa shape index (κ3) is 3.11. The molecule has 0 atom stereocenters. The SMILES string of the molecule is CCNC(=O)c1ccc(C#CCN)c(C)c1. The minimum atomic E-state index is -0.0519. The fourth-order valence-electron chi connectivity index (χ4n) is 1.35. The number of aryl methyl sites for hydroxylation is 1. The summed E-state index contributed by atoms with van der Waals surface area (Å²) in [4.78, 5) is 11.6. The van der Waals surface area contributed by atoms with Crippen LogP contribution in [0.2, 0.25) is 0 Å². The van der Waals surface area contributed by atoms with E-state index in [1.54, 1.807) is 6.07 Å². The van der Waals surface area contributed by atoms with Gasteiger partial charge >= 0.3 is 0 Å². The average Bonchev–Trinajstić information content (AvgIpc) is 2.27. The number of carbonyl (C=O) groups is 1. The number of nitrogens with two attached hydrogens (primary N) is 1. The zero-order chi connectivity index (χ0) is 12.0. The molecule has 16 heavy (non-hydrogen) atoms. The van der Waals surface area contributed by atoms with Crippen LogP contribution in [0.4, 0.5) is 0 Å². The van der Waals surface area contributed by atoms with E-state index >= 15 is 0 Å². The average molecular weight is 216 g/mol. The monoisotopic (exact) mass is 216 g/mol. The second-order valence-corrected chi connectivity index (χ2v) is 3.40. The van der Waals surface area contributed by atoms with Crippen molar-refractivity contribution in [3.8, 4) is 11.8 Å². The highest BCUT2D eigenvalue weighted by atomic mass is 16.1. The van der Waals surface area contributed by atoms with Crippen LogP contribution in [0.5, 0.6) is 0 Å². The normalized spacial score (nSPS) is 9.19. The highest BCUT2D eigenvalue weighted by Gasteiger charge is 2.05. The summed E-state index contributed by atoms with van der Waals surface area (Å²) in [5.74, 6) is 5.71. The molecule has 0 aliphatic carbocycles. The number of rotatable bonds is 2. The van der Waals surface area contributed by atoms with E-state index in [1.165, 1.54) is 0 Å². The first-order valence-corrected chi connectivity index (χ1v) is 5.26. The summed E-state index contributed by atoms with van der Waals surface area (Å²) in [7, 11) is 0. The molecule has 0 fully saturated rings. The molecule has 1 amide bonds. The van der Waals surface area contributed by atoms with Gasteiger partial charge in [0.25, 0.3) is 5.91 Å². The van der Waals surface area contributed by atoms with Crippen molar-refractivity contribution >= 4 is 5.91 Å². The van der Waals surface area contributed by atoms with Gasteiger partial charge < -0.3 is 11.1 Å². The van der Waals surface area contributed by atoms with Gasteiger partial charge in [-0.1, -0.05) is 11.8 Å². The minimum Gasteiger partial charge on any atom is -0.352 e. The first-order chi connectivity index (χ1) is 7.69. The predicted octanol–water partition coefficient (Wildman–Crippen LogP) is 1.05. The van der Waals surface area contributed by atoms with Crippen LogP contribution in [-0.4, -0.2) is 19.0 Å². The molecule has 0 unspecified atom stereocenters. The fraction of sp³-hybridized carbons (Fsp3) is 0.308. The summed E-state index contributed by atoms with van der Waals surface area (Å²) in [5, 5.41) is 2.76. The van der Waals surface area contributed by atoms with E-state index in [1.807, 2.05) is 26.0 Å². The topological polar surface area (TPSA) is 55.1 Å². The Morgan fingerprint density at radius 3 is 2.81 bits per heavy atom.